The Hall–Kier alpha value is -1.62. The number of likely N-dealkylation sites (tertiary alicyclic amines) is 1. The van der Waals surface area contributed by atoms with Crippen molar-refractivity contribution in [1.29, 1.82) is 0 Å². The average molecular weight is 303 g/mol. The second-order valence-electron chi connectivity index (χ2n) is 6.90. The molecule has 2 saturated heterocycles. The molecule has 2 aliphatic heterocycles. The number of amides is 1. The summed E-state index contributed by atoms with van der Waals surface area (Å²) in [5.41, 5.74) is 0.689. The first-order valence-corrected chi connectivity index (χ1v) is 8.21. The summed E-state index contributed by atoms with van der Waals surface area (Å²) in [7, 11) is 0. The summed E-state index contributed by atoms with van der Waals surface area (Å²) in [6, 6.07) is 3.74. The highest BCUT2D eigenvalue weighted by molar-refractivity contribution is 5.93. The molecule has 1 amide bonds. The van der Waals surface area contributed by atoms with Crippen molar-refractivity contribution in [2.75, 3.05) is 24.5 Å². The molecule has 2 fully saturated rings. The number of rotatable bonds is 3. The molecular formula is C17H25N3O2. The fourth-order valence-electron chi connectivity index (χ4n) is 3.60. The zero-order chi connectivity index (χ0) is 15.7. The lowest BCUT2D eigenvalue weighted by Crippen LogP contribution is -2.48. The Morgan fingerprint density at radius 1 is 1.27 bits per heavy atom. The van der Waals surface area contributed by atoms with Gasteiger partial charge >= 0.3 is 0 Å². The maximum atomic E-state index is 12.8. The maximum Gasteiger partial charge on any atom is 0.272 e. The van der Waals surface area contributed by atoms with Gasteiger partial charge in [0.15, 0.2) is 0 Å². The summed E-state index contributed by atoms with van der Waals surface area (Å²) in [4.78, 5) is 21.2. The van der Waals surface area contributed by atoms with Crippen LogP contribution in [0.1, 0.15) is 50.0 Å². The molecule has 1 N–H and O–H groups in total. The van der Waals surface area contributed by atoms with Gasteiger partial charge in [-0.05, 0) is 51.7 Å². The molecular weight excluding hydrogens is 278 g/mol. The van der Waals surface area contributed by atoms with E-state index in [2.05, 4.69) is 9.88 Å². The molecule has 3 rings (SSSR count). The molecule has 0 aliphatic carbocycles. The van der Waals surface area contributed by atoms with Crippen molar-refractivity contribution < 1.29 is 9.90 Å². The molecule has 3 heterocycles. The first-order chi connectivity index (χ1) is 10.5. The van der Waals surface area contributed by atoms with Crippen LogP contribution in [0.2, 0.25) is 0 Å². The van der Waals surface area contributed by atoms with Gasteiger partial charge in [0.05, 0.1) is 11.6 Å². The fraction of sp³-hybridized carbons (Fsp3) is 0.647. The summed E-state index contributed by atoms with van der Waals surface area (Å²) in [5.74, 6) is -0.0642. The largest absolute Gasteiger partial charge is 0.388 e. The van der Waals surface area contributed by atoms with Gasteiger partial charge in [0, 0.05) is 31.5 Å². The number of anilines is 1. The van der Waals surface area contributed by atoms with Crippen molar-refractivity contribution in [3.8, 4) is 0 Å². The van der Waals surface area contributed by atoms with Crippen LogP contribution in [-0.2, 0) is 0 Å². The second kappa shape index (κ2) is 5.88. The van der Waals surface area contributed by atoms with E-state index >= 15 is 0 Å². The Kier molecular flexibility index (Phi) is 4.08. The summed E-state index contributed by atoms with van der Waals surface area (Å²) < 4.78 is 0. The maximum absolute atomic E-state index is 12.8. The zero-order valence-electron chi connectivity index (χ0n) is 13.5. The number of hydrogen-bond donors (Lipinski definition) is 1. The molecule has 0 saturated carbocycles. The highest BCUT2D eigenvalue weighted by Crippen LogP contribution is 2.28. The summed E-state index contributed by atoms with van der Waals surface area (Å²) in [5, 5.41) is 10.3. The van der Waals surface area contributed by atoms with Crippen LogP contribution in [0.4, 0.5) is 5.69 Å². The lowest BCUT2D eigenvalue weighted by Gasteiger charge is -2.33. The van der Waals surface area contributed by atoms with Crippen LogP contribution in [0.5, 0.6) is 0 Å². The average Bonchev–Trinajstić information content (AvgIpc) is 3.17. The Morgan fingerprint density at radius 3 is 2.68 bits per heavy atom. The van der Waals surface area contributed by atoms with Crippen molar-refractivity contribution in [2.45, 2.75) is 51.2 Å². The van der Waals surface area contributed by atoms with Gasteiger partial charge in [0.2, 0.25) is 0 Å². The topological polar surface area (TPSA) is 56.7 Å². The Bertz CT molecular complexity index is 547. The SMILES string of the molecule is CC(C)(O)C1CCCN1C(=O)c1cc(N2CCCC2)ccn1. The first kappa shape index (κ1) is 15.3. The van der Waals surface area contributed by atoms with Crippen molar-refractivity contribution >= 4 is 11.6 Å². The number of aliphatic hydroxyl groups is 1. The van der Waals surface area contributed by atoms with E-state index in [1.165, 1.54) is 12.8 Å². The second-order valence-corrected chi connectivity index (χ2v) is 6.90. The lowest BCUT2D eigenvalue weighted by atomic mass is 9.96. The van der Waals surface area contributed by atoms with Gasteiger partial charge in [0.25, 0.3) is 5.91 Å². The fourth-order valence-corrected chi connectivity index (χ4v) is 3.60. The Labute approximate surface area is 131 Å². The quantitative estimate of drug-likeness (QED) is 0.928. The normalized spacial score (nSPS) is 22.4. The third-order valence-corrected chi connectivity index (χ3v) is 4.76. The Morgan fingerprint density at radius 2 is 2.00 bits per heavy atom. The van der Waals surface area contributed by atoms with Gasteiger partial charge in [-0.1, -0.05) is 0 Å². The number of pyridine rings is 1. The molecule has 0 bridgehead atoms. The molecule has 1 unspecified atom stereocenters. The van der Waals surface area contributed by atoms with Gasteiger partial charge in [-0.25, -0.2) is 0 Å². The van der Waals surface area contributed by atoms with Crippen molar-refractivity contribution in [1.82, 2.24) is 9.88 Å². The predicted molar refractivity (Wildman–Crippen MR) is 86.0 cm³/mol. The van der Waals surface area contributed by atoms with E-state index in [1.807, 2.05) is 12.1 Å². The van der Waals surface area contributed by atoms with Crippen LogP contribution in [0.15, 0.2) is 18.3 Å². The molecule has 120 valence electrons. The molecule has 5 nitrogen and oxygen atoms in total. The highest BCUT2D eigenvalue weighted by Gasteiger charge is 2.39. The third-order valence-electron chi connectivity index (χ3n) is 4.76. The molecule has 2 aliphatic rings. The van der Waals surface area contributed by atoms with Gasteiger partial charge in [-0.15, -0.1) is 0 Å². The van der Waals surface area contributed by atoms with E-state index in [0.717, 1.165) is 31.6 Å². The van der Waals surface area contributed by atoms with Crippen LogP contribution >= 0.6 is 0 Å². The van der Waals surface area contributed by atoms with Crippen LogP contribution in [0.25, 0.3) is 0 Å². The summed E-state index contributed by atoms with van der Waals surface area (Å²) in [6.45, 7) is 6.35. The minimum atomic E-state index is -0.876. The predicted octanol–water partition coefficient (Wildman–Crippen LogP) is 2.06. The van der Waals surface area contributed by atoms with Crippen LogP contribution in [-0.4, -0.2) is 52.2 Å². The van der Waals surface area contributed by atoms with Crippen LogP contribution < -0.4 is 4.90 Å². The summed E-state index contributed by atoms with van der Waals surface area (Å²) >= 11 is 0. The molecule has 0 radical (unpaired) electrons. The minimum absolute atomic E-state index is 0.0642. The standard InChI is InChI=1S/C17H25N3O2/c1-17(2,22)15-6-5-11-20(15)16(21)14-12-13(7-8-18-14)19-9-3-4-10-19/h7-8,12,15,22H,3-6,9-11H2,1-2H3. The van der Waals surface area contributed by atoms with E-state index < -0.39 is 5.60 Å². The first-order valence-electron chi connectivity index (χ1n) is 8.21. The third kappa shape index (κ3) is 2.95. The molecule has 5 heteroatoms. The van der Waals surface area contributed by atoms with Gasteiger partial charge in [-0.2, -0.15) is 0 Å². The smallest absolute Gasteiger partial charge is 0.272 e. The number of carbonyl (C=O) groups excluding carboxylic acids is 1. The van der Waals surface area contributed by atoms with E-state index in [9.17, 15) is 9.90 Å². The van der Waals surface area contributed by atoms with E-state index in [0.29, 0.717) is 12.2 Å². The van der Waals surface area contributed by atoms with Gasteiger partial charge in [0.1, 0.15) is 5.69 Å². The lowest BCUT2D eigenvalue weighted by molar-refractivity contribution is 0.000122. The van der Waals surface area contributed by atoms with Crippen LogP contribution in [0, 0.1) is 0 Å². The summed E-state index contributed by atoms with van der Waals surface area (Å²) in [6.07, 6.45) is 5.92. The number of hydrogen-bond acceptors (Lipinski definition) is 4. The van der Waals surface area contributed by atoms with Crippen molar-refractivity contribution in [3.63, 3.8) is 0 Å². The zero-order valence-corrected chi connectivity index (χ0v) is 13.5. The van der Waals surface area contributed by atoms with Gasteiger partial charge < -0.3 is 14.9 Å². The molecule has 0 aromatic carbocycles. The molecule has 1 aromatic heterocycles. The molecule has 1 aromatic rings. The van der Waals surface area contributed by atoms with E-state index in [4.69, 9.17) is 0 Å². The minimum Gasteiger partial charge on any atom is -0.388 e. The number of nitrogens with zero attached hydrogens (tertiary/aromatic N) is 3. The number of aromatic nitrogens is 1. The monoisotopic (exact) mass is 303 g/mol. The molecule has 1 atom stereocenters. The van der Waals surface area contributed by atoms with Crippen LogP contribution in [0.3, 0.4) is 0 Å². The molecule has 22 heavy (non-hydrogen) atoms. The van der Waals surface area contributed by atoms with E-state index in [1.54, 1.807) is 24.9 Å². The van der Waals surface area contributed by atoms with Crippen molar-refractivity contribution in [2.24, 2.45) is 0 Å². The molecule has 0 spiro atoms. The highest BCUT2D eigenvalue weighted by atomic mass is 16.3. The van der Waals surface area contributed by atoms with Gasteiger partial charge in [-0.3, -0.25) is 9.78 Å². The van der Waals surface area contributed by atoms with Crippen molar-refractivity contribution in [3.05, 3.63) is 24.0 Å². The number of carbonyl (C=O) groups is 1. The van der Waals surface area contributed by atoms with E-state index in [-0.39, 0.29) is 11.9 Å². The Balaban J connectivity index is 1.81.